The summed E-state index contributed by atoms with van der Waals surface area (Å²) in [6.45, 7) is 1.89. The van der Waals surface area contributed by atoms with Crippen molar-refractivity contribution in [3.63, 3.8) is 0 Å². The number of nitrogens with one attached hydrogen (secondary N) is 1. The van der Waals surface area contributed by atoms with Gasteiger partial charge in [-0.3, -0.25) is 5.21 Å². The molecular formula is C10H13FN2O2. The fourth-order valence-corrected chi connectivity index (χ4v) is 1.12. The van der Waals surface area contributed by atoms with Crippen molar-refractivity contribution in [1.82, 2.24) is 10.4 Å². The molecule has 1 aromatic rings. The molecule has 0 heterocycles. The molecule has 0 aliphatic rings. The van der Waals surface area contributed by atoms with Crippen LogP contribution in [0.3, 0.4) is 0 Å². The Labute approximate surface area is 87.3 Å². The molecule has 0 atom stereocenters. The lowest BCUT2D eigenvalue weighted by Gasteiger charge is -2.10. The van der Waals surface area contributed by atoms with Gasteiger partial charge < -0.3 is 5.32 Å². The lowest BCUT2D eigenvalue weighted by atomic mass is 10.1. The fourth-order valence-electron chi connectivity index (χ4n) is 1.12. The number of aryl methyl sites for hydroxylation is 1. The molecule has 4 nitrogen and oxygen atoms in total. The standard InChI is InChI=1S/C10H13FN2O2/c1-7-3-4-9(11)8(5-7)6-12-10(14)13(2)15/h3-5,15H,6H2,1-2H3,(H,12,14). The van der Waals surface area contributed by atoms with Crippen LogP contribution in [-0.4, -0.2) is 23.3 Å². The Bertz CT molecular complexity index is 366. The first-order valence-electron chi connectivity index (χ1n) is 4.46. The Morgan fingerprint density at radius 1 is 1.60 bits per heavy atom. The number of hydroxylamine groups is 2. The topological polar surface area (TPSA) is 52.6 Å². The van der Waals surface area contributed by atoms with Crippen molar-refractivity contribution < 1.29 is 14.4 Å². The number of hydrogen-bond acceptors (Lipinski definition) is 2. The van der Waals surface area contributed by atoms with E-state index in [9.17, 15) is 9.18 Å². The van der Waals surface area contributed by atoms with Crippen molar-refractivity contribution in [2.24, 2.45) is 0 Å². The van der Waals surface area contributed by atoms with Crippen LogP contribution >= 0.6 is 0 Å². The van der Waals surface area contributed by atoms with E-state index in [4.69, 9.17) is 5.21 Å². The van der Waals surface area contributed by atoms with Gasteiger partial charge in [-0.15, -0.1) is 0 Å². The van der Waals surface area contributed by atoms with Gasteiger partial charge in [0.15, 0.2) is 0 Å². The summed E-state index contributed by atoms with van der Waals surface area (Å²) >= 11 is 0. The van der Waals surface area contributed by atoms with Crippen LogP contribution in [0.25, 0.3) is 0 Å². The molecule has 2 N–H and O–H groups in total. The van der Waals surface area contributed by atoms with Crippen LogP contribution in [0.2, 0.25) is 0 Å². The summed E-state index contributed by atoms with van der Waals surface area (Å²) in [6, 6.07) is 3.97. The highest BCUT2D eigenvalue weighted by molar-refractivity contribution is 5.72. The summed E-state index contributed by atoms with van der Waals surface area (Å²) in [4.78, 5) is 11.0. The van der Waals surface area contributed by atoms with Gasteiger partial charge in [-0.2, -0.15) is 0 Å². The van der Waals surface area contributed by atoms with Crippen LogP contribution in [-0.2, 0) is 6.54 Å². The van der Waals surface area contributed by atoms with Gasteiger partial charge in [0.25, 0.3) is 0 Å². The number of halogens is 1. The van der Waals surface area contributed by atoms with Crippen LogP contribution < -0.4 is 5.32 Å². The molecule has 0 fully saturated rings. The Balaban J connectivity index is 2.65. The maximum Gasteiger partial charge on any atom is 0.341 e. The minimum atomic E-state index is -0.670. The van der Waals surface area contributed by atoms with Crippen molar-refractivity contribution in [2.45, 2.75) is 13.5 Å². The Morgan fingerprint density at radius 2 is 2.27 bits per heavy atom. The second-order valence-corrected chi connectivity index (χ2v) is 3.28. The molecule has 82 valence electrons. The fraction of sp³-hybridized carbons (Fsp3) is 0.300. The lowest BCUT2D eigenvalue weighted by Crippen LogP contribution is -2.34. The largest absolute Gasteiger partial charge is 0.341 e. The molecule has 0 unspecified atom stereocenters. The summed E-state index contributed by atoms with van der Waals surface area (Å²) in [7, 11) is 1.20. The highest BCUT2D eigenvalue weighted by Gasteiger charge is 2.07. The van der Waals surface area contributed by atoms with E-state index in [1.54, 1.807) is 12.1 Å². The minimum Gasteiger partial charge on any atom is -0.332 e. The summed E-state index contributed by atoms with van der Waals surface area (Å²) in [5.41, 5.74) is 1.31. The number of urea groups is 1. The molecule has 0 saturated carbocycles. The predicted octanol–water partition coefficient (Wildman–Crippen LogP) is 1.66. The molecule has 0 spiro atoms. The summed E-state index contributed by atoms with van der Waals surface area (Å²) in [6.07, 6.45) is 0. The van der Waals surface area contributed by atoms with Crippen molar-refractivity contribution in [3.8, 4) is 0 Å². The quantitative estimate of drug-likeness (QED) is 0.578. The van der Waals surface area contributed by atoms with Gasteiger partial charge in [0.1, 0.15) is 5.82 Å². The van der Waals surface area contributed by atoms with Gasteiger partial charge in [-0.1, -0.05) is 17.7 Å². The van der Waals surface area contributed by atoms with E-state index in [1.807, 2.05) is 6.92 Å². The lowest BCUT2D eigenvalue weighted by molar-refractivity contribution is -0.0184. The van der Waals surface area contributed by atoms with Gasteiger partial charge in [-0.25, -0.2) is 14.2 Å². The summed E-state index contributed by atoms with van der Waals surface area (Å²) < 4.78 is 13.2. The first-order chi connectivity index (χ1) is 7.00. The van der Waals surface area contributed by atoms with Gasteiger partial charge in [0.05, 0.1) is 0 Å². The van der Waals surface area contributed by atoms with Crippen LogP contribution in [0, 0.1) is 12.7 Å². The summed E-state index contributed by atoms with van der Waals surface area (Å²) in [5.74, 6) is -0.374. The summed E-state index contributed by atoms with van der Waals surface area (Å²) in [5, 5.41) is 11.5. The molecule has 0 radical (unpaired) electrons. The SMILES string of the molecule is Cc1ccc(F)c(CNC(=O)N(C)O)c1. The Morgan fingerprint density at radius 3 is 2.87 bits per heavy atom. The molecule has 1 rings (SSSR count). The molecule has 2 amide bonds. The zero-order chi connectivity index (χ0) is 11.4. The number of rotatable bonds is 2. The molecular weight excluding hydrogens is 199 g/mol. The zero-order valence-electron chi connectivity index (χ0n) is 8.62. The number of carbonyl (C=O) groups is 1. The average molecular weight is 212 g/mol. The normalized spacial score (nSPS) is 9.87. The second kappa shape index (κ2) is 4.75. The first-order valence-corrected chi connectivity index (χ1v) is 4.46. The molecule has 15 heavy (non-hydrogen) atoms. The molecule has 0 aliphatic carbocycles. The van der Waals surface area contributed by atoms with Gasteiger partial charge in [-0.05, 0) is 13.0 Å². The van der Waals surface area contributed by atoms with E-state index in [-0.39, 0.29) is 12.4 Å². The molecule has 0 saturated heterocycles. The smallest absolute Gasteiger partial charge is 0.332 e. The third-order valence-electron chi connectivity index (χ3n) is 1.93. The molecule has 0 bridgehead atoms. The number of nitrogens with zero attached hydrogens (tertiary/aromatic N) is 1. The molecule has 0 aliphatic heterocycles. The molecule has 1 aromatic carbocycles. The third kappa shape index (κ3) is 3.21. The van der Waals surface area contributed by atoms with E-state index < -0.39 is 6.03 Å². The van der Waals surface area contributed by atoms with Crippen molar-refractivity contribution in [3.05, 3.63) is 35.1 Å². The van der Waals surface area contributed by atoms with E-state index >= 15 is 0 Å². The first kappa shape index (κ1) is 11.5. The van der Waals surface area contributed by atoms with E-state index in [0.717, 1.165) is 5.56 Å². The number of benzene rings is 1. The van der Waals surface area contributed by atoms with E-state index in [1.165, 1.54) is 13.1 Å². The third-order valence-corrected chi connectivity index (χ3v) is 1.93. The van der Waals surface area contributed by atoms with Crippen LogP contribution in [0.5, 0.6) is 0 Å². The number of amides is 2. The van der Waals surface area contributed by atoms with E-state index in [2.05, 4.69) is 5.32 Å². The average Bonchev–Trinajstić information content (AvgIpc) is 2.18. The van der Waals surface area contributed by atoms with Crippen molar-refractivity contribution in [1.29, 1.82) is 0 Å². The highest BCUT2D eigenvalue weighted by atomic mass is 19.1. The Hall–Kier alpha value is -1.62. The highest BCUT2D eigenvalue weighted by Crippen LogP contribution is 2.09. The van der Waals surface area contributed by atoms with Crippen LogP contribution in [0.4, 0.5) is 9.18 Å². The monoisotopic (exact) mass is 212 g/mol. The minimum absolute atomic E-state index is 0.0528. The maximum atomic E-state index is 13.2. The van der Waals surface area contributed by atoms with E-state index in [0.29, 0.717) is 10.6 Å². The van der Waals surface area contributed by atoms with Gasteiger partial charge in [0, 0.05) is 19.2 Å². The van der Waals surface area contributed by atoms with Gasteiger partial charge >= 0.3 is 6.03 Å². The second-order valence-electron chi connectivity index (χ2n) is 3.28. The predicted molar refractivity (Wildman–Crippen MR) is 52.9 cm³/mol. The van der Waals surface area contributed by atoms with Crippen molar-refractivity contribution >= 4 is 6.03 Å². The Kier molecular flexibility index (Phi) is 3.62. The number of hydrogen-bond donors (Lipinski definition) is 2. The zero-order valence-corrected chi connectivity index (χ0v) is 8.62. The van der Waals surface area contributed by atoms with Crippen molar-refractivity contribution in [2.75, 3.05) is 7.05 Å². The van der Waals surface area contributed by atoms with Gasteiger partial charge in [0.2, 0.25) is 0 Å². The van der Waals surface area contributed by atoms with Crippen LogP contribution in [0.15, 0.2) is 18.2 Å². The number of carbonyl (C=O) groups excluding carboxylic acids is 1. The van der Waals surface area contributed by atoms with Crippen LogP contribution in [0.1, 0.15) is 11.1 Å². The maximum absolute atomic E-state index is 13.2. The molecule has 5 heteroatoms. The molecule has 0 aromatic heterocycles.